The minimum Gasteiger partial charge on any atom is -0.481 e. The second-order valence-electron chi connectivity index (χ2n) is 7.65. The number of hydrogen-bond acceptors (Lipinski definition) is 3. The third-order valence-corrected chi connectivity index (χ3v) is 5.04. The number of aliphatic hydroxyl groups excluding tert-OH is 1. The van der Waals surface area contributed by atoms with Crippen molar-refractivity contribution in [2.75, 3.05) is 26.2 Å². The molecular weight excluding hydrogens is 338 g/mol. The van der Waals surface area contributed by atoms with Crippen molar-refractivity contribution in [2.24, 2.45) is 0 Å². The topological polar surface area (TPSA) is 60.8 Å². The molecule has 0 rings (SSSR count). The number of unbranched alkanes of at least 4 members (excludes halogenated alkanes) is 12. The van der Waals surface area contributed by atoms with Crippen LogP contribution < -0.4 is 0 Å². The molecule has 0 fully saturated rings. The van der Waals surface area contributed by atoms with Crippen molar-refractivity contribution >= 4 is 5.97 Å². The lowest BCUT2D eigenvalue weighted by Crippen LogP contribution is -2.30. The van der Waals surface area contributed by atoms with E-state index in [0.717, 1.165) is 13.0 Å². The van der Waals surface area contributed by atoms with E-state index in [-0.39, 0.29) is 13.0 Å². The van der Waals surface area contributed by atoms with Gasteiger partial charge in [0.15, 0.2) is 0 Å². The lowest BCUT2D eigenvalue weighted by atomic mass is 10.1. The fraction of sp³-hybridized carbons (Fsp3) is 0.870. The minimum absolute atomic E-state index is 0.103. The van der Waals surface area contributed by atoms with Gasteiger partial charge in [0, 0.05) is 13.1 Å². The molecule has 0 spiro atoms. The summed E-state index contributed by atoms with van der Waals surface area (Å²) >= 11 is 0. The Hall–Kier alpha value is -0.870. The largest absolute Gasteiger partial charge is 0.481 e. The average Bonchev–Trinajstić information content (AvgIpc) is 2.65. The highest BCUT2D eigenvalue weighted by Gasteiger charge is 2.06. The Morgan fingerprint density at radius 2 is 1.26 bits per heavy atom. The molecule has 0 aliphatic carbocycles. The van der Waals surface area contributed by atoms with Crippen molar-refractivity contribution in [1.29, 1.82) is 0 Å². The van der Waals surface area contributed by atoms with Gasteiger partial charge in [0.1, 0.15) is 0 Å². The van der Waals surface area contributed by atoms with Crippen molar-refractivity contribution in [3.05, 3.63) is 12.2 Å². The zero-order valence-corrected chi connectivity index (χ0v) is 17.8. The first-order chi connectivity index (χ1) is 13.2. The van der Waals surface area contributed by atoms with Gasteiger partial charge in [0.25, 0.3) is 0 Å². The molecule has 0 saturated carbocycles. The number of carbonyl (C=O) groups is 1. The van der Waals surface area contributed by atoms with E-state index in [9.17, 15) is 4.79 Å². The number of carboxylic acid groups (broad SMARTS) is 1. The van der Waals surface area contributed by atoms with Crippen LogP contribution in [0.1, 0.15) is 103 Å². The molecule has 27 heavy (non-hydrogen) atoms. The van der Waals surface area contributed by atoms with Gasteiger partial charge in [-0.1, -0.05) is 76.9 Å². The van der Waals surface area contributed by atoms with E-state index in [0.29, 0.717) is 13.1 Å². The van der Waals surface area contributed by atoms with Gasteiger partial charge in [0.2, 0.25) is 0 Å². The van der Waals surface area contributed by atoms with E-state index in [1.54, 1.807) is 0 Å². The molecule has 0 aliphatic heterocycles. The van der Waals surface area contributed by atoms with E-state index in [4.69, 9.17) is 10.2 Å². The molecule has 0 aliphatic rings. The van der Waals surface area contributed by atoms with E-state index in [1.807, 2.05) is 0 Å². The zero-order valence-electron chi connectivity index (χ0n) is 17.8. The Kier molecular flexibility index (Phi) is 20.7. The molecule has 0 heterocycles. The quantitative estimate of drug-likeness (QED) is 0.194. The summed E-state index contributed by atoms with van der Waals surface area (Å²) in [6.07, 6.45) is 23.1. The summed E-state index contributed by atoms with van der Waals surface area (Å²) in [6.45, 7) is 4.39. The van der Waals surface area contributed by atoms with Crippen LogP contribution in [0.4, 0.5) is 0 Å². The molecule has 4 heteroatoms. The molecule has 0 atom stereocenters. The van der Waals surface area contributed by atoms with Crippen molar-refractivity contribution in [3.63, 3.8) is 0 Å². The first kappa shape index (κ1) is 26.1. The summed E-state index contributed by atoms with van der Waals surface area (Å²) in [6, 6.07) is 0. The van der Waals surface area contributed by atoms with E-state index >= 15 is 0 Å². The molecule has 2 N–H and O–H groups in total. The molecule has 0 amide bonds. The second kappa shape index (κ2) is 21.4. The number of carboxylic acids is 1. The molecule has 0 aromatic carbocycles. The maximum Gasteiger partial charge on any atom is 0.304 e. The summed E-state index contributed by atoms with van der Waals surface area (Å²) in [5, 5.41) is 17.8. The van der Waals surface area contributed by atoms with Crippen LogP contribution in [0.2, 0.25) is 0 Å². The van der Waals surface area contributed by atoms with Gasteiger partial charge in [-0.15, -0.1) is 0 Å². The first-order valence-corrected chi connectivity index (χ1v) is 11.4. The molecule has 0 aromatic heterocycles. The number of allylic oxidation sites excluding steroid dienone is 2. The maximum absolute atomic E-state index is 10.6. The van der Waals surface area contributed by atoms with Crippen molar-refractivity contribution in [2.45, 2.75) is 103 Å². The smallest absolute Gasteiger partial charge is 0.304 e. The lowest BCUT2D eigenvalue weighted by molar-refractivity contribution is -0.137. The number of nitrogens with zero attached hydrogens (tertiary/aromatic N) is 1. The van der Waals surface area contributed by atoms with Gasteiger partial charge >= 0.3 is 5.97 Å². The SMILES string of the molecule is CCCCCCCC/C=C\CCCCCCCCN(CCO)CCC(=O)O. The Labute approximate surface area is 168 Å². The van der Waals surface area contributed by atoms with Crippen LogP contribution in [-0.2, 0) is 4.79 Å². The summed E-state index contributed by atoms with van der Waals surface area (Å²) in [4.78, 5) is 12.7. The Morgan fingerprint density at radius 3 is 1.78 bits per heavy atom. The number of hydrogen-bond donors (Lipinski definition) is 2. The molecule has 0 radical (unpaired) electrons. The summed E-state index contributed by atoms with van der Waals surface area (Å²) in [5.41, 5.74) is 0. The maximum atomic E-state index is 10.6. The lowest BCUT2D eigenvalue weighted by Gasteiger charge is -2.20. The van der Waals surface area contributed by atoms with Crippen LogP contribution >= 0.6 is 0 Å². The van der Waals surface area contributed by atoms with Gasteiger partial charge in [-0.05, 0) is 38.6 Å². The van der Waals surface area contributed by atoms with Crippen LogP contribution in [0, 0.1) is 0 Å². The fourth-order valence-corrected chi connectivity index (χ4v) is 3.31. The van der Waals surface area contributed by atoms with Crippen molar-refractivity contribution < 1.29 is 15.0 Å². The Morgan fingerprint density at radius 1 is 0.741 bits per heavy atom. The van der Waals surface area contributed by atoms with E-state index in [1.165, 1.54) is 83.5 Å². The van der Waals surface area contributed by atoms with Crippen LogP contribution in [0.3, 0.4) is 0 Å². The Balaban J connectivity index is 3.35. The minimum atomic E-state index is -0.765. The standard InChI is InChI=1S/C23H45NO3/c1-2-3-4-5-6-7-8-9-10-11-12-13-14-15-16-17-19-24(21-22-25)20-18-23(26)27/h9-10,25H,2-8,11-22H2,1H3,(H,26,27)/b10-9-. The Bertz CT molecular complexity index is 345. The van der Waals surface area contributed by atoms with E-state index < -0.39 is 5.97 Å². The third kappa shape index (κ3) is 21.3. The second-order valence-corrected chi connectivity index (χ2v) is 7.65. The van der Waals surface area contributed by atoms with Crippen LogP contribution in [-0.4, -0.2) is 47.3 Å². The molecular formula is C23H45NO3. The predicted octanol–water partition coefficient (Wildman–Crippen LogP) is 5.79. The van der Waals surface area contributed by atoms with Crippen LogP contribution in [0.25, 0.3) is 0 Å². The highest BCUT2D eigenvalue weighted by molar-refractivity contribution is 5.66. The predicted molar refractivity (Wildman–Crippen MR) is 115 cm³/mol. The number of aliphatic hydroxyl groups is 1. The molecule has 0 bridgehead atoms. The summed E-state index contributed by atoms with van der Waals surface area (Å²) in [7, 11) is 0. The molecule has 160 valence electrons. The monoisotopic (exact) mass is 383 g/mol. The van der Waals surface area contributed by atoms with Crippen LogP contribution in [0.5, 0.6) is 0 Å². The first-order valence-electron chi connectivity index (χ1n) is 11.4. The van der Waals surface area contributed by atoms with Gasteiger partial charge in [-0.3, -0.25) is 4.79 Å². The molecule has 4 nitrogen and oxygen atoms in total. The van der Waals surface area contributed by atoms with Gasteiger partial charge in [-0.25, -0.2) is 0 Å². The van der Waals surface area contributed by atoms with E-state index in [2.05, 4.69) is 24.0 Å². The van der Waals surface area contributed by atoms with Crippen molar-refractivity contribution in [3.8, 4) is 0 Å². The summed E-state index contributed by atoms with van der Waals surface area (Å²) in [5.74, 6) is -0.765. The molecule has 0 unspecified atom stereocenters. The van der Waals surface area contributed by atoms with Crippen molar-refractivity contribution in [1.82, 2.24) is 4.90 Å². The highest BCUT2D eigenvalue weighted by atomic mass is 16.4. The fourth-order valence-electron chi connectivity index (χ4n) is 3.31. The molecule has 0 saturated heterocycles. The molecule has 0 aromatic rings. The highest BCUT2D eigenvalue weighted by Crippen LogP contribution is 2.10. The van der Waals surface area contributed by atoms with Gasteiger partial charge in [0.05, 0.1) is 13.0 Å². The van der Waals surface area contributed by atoms with Crippen LogP contribution in [0.15, 0.2) is 12.2 Å². The normalized spacial score (nSPS) is 11.7. The number of rotatable bonds is 21. The third-order valence-electron chi connectivity index (χ3n) is 5.04. The number of aliphatic carboxylic acids is 1. The average molecular weight is 384 g/mol. The summed E-state index contributed by atoms with van der Waals surface area (Å²) < 4.78 is 0. The zero-order chi connectivity index (χ0) is 20.0. The van der Waals surface area contributed by atoms with Gasteiger partial charge in [-0.2, -0.15) is 0 Å². The van der Waals surface area contributed by atoms with Gasteiger partial charge < -0.3 is 15.1 Å².